The molecule has 0 fully saturated rings. The van der Waals surface area contributed by atoms with E-state index in [1.54, 1.807) is 33.1 Å². The molecule has 0 spiro atoms. The van der Waals surface area contributed by atoms with Gasteiger partial charge in [-0.15, -0.1) is 0 Å². The Balaban J connectivity index is 2.06. The number of benzene rings is 2. The number of hydrogen-bond donors (Lipinski definition) is 0. The van der Waals surface area contributed by atoms with Crippen molar-refractivity contribution < 1.29 is 14.2 Å². The molecule has 0 saturated carbocycles. The lowest BCUT2D eigenvalue weighted by atomic mass is 10.2. The summed E-state index contributed by atoms with van der Waals surface area (Å²) in [5, 5.41) is 2.04. The fourth-order valence-corrected chi connectivity index (χ4v) is 2.45. The normalized spacial score (nSPS) is 10.6. The predicted octanol–water partition coefficient (Wildman–Crippen LogP) is 4.48. The molecule has 2 aromatic carbocycles. The van der Waals surface area contributed by atoms with Gasteiger partial charge in [0.2, 0.25) is 0 Å². The lowest BCUT2D eigenvalue weighted by molar-refractivity contribution is 0.394. The maximum atomic E-state index is 5.25. The van der Waals surface area contributed by atoms with Crippen LogP contribution in [0.3, 0.4) is 0 Å². The van der Waals surface area contributed by atoms with Crippen molar-refractivity contribution in [2.75, 3.05) is 21.3 Å². The maximum Gasteiger partial charge on any atom is 0.123 e. The summed E-state index contributed by atoms with van der Waals surface area (Å²) in [7, 11) is 4.96. The molecular formula is C17H18O3S. The fourth-order valence-electron chi connectivity index (χ4n) is 1.77. The molecule has 0 aliphatic heterocycles. The van der Waals surface area contributed by atoms with E-state index in [2.05, 4.69) is 0 Å². The third-order valence-electron chi connectivity index (χ3n) is 2.90. The van der Waals surface area contributed by atoms with E-state index in [-0.39, 0.29) is 0 Å². The van der Waals surface area contributed by atoms with E-state index in [4.69, 9.17) is 14.2 Å². The van der Waals surface area contributed by atoms with Gasteiger partial charge in [-0.2, -0.15) is 0 Å². The summed E-state index contributed by atoms with van der Waals surface area (Å²) in [6, 6.07) is 13.7. The molecular weight excluding hydrogens is 284 g/mol. The van der Waals surface area contributed by atoms with Crippen LogP contribution < -0.4 is 14.2 Å². The fraction of sp³-hybridized carbons (Fsp3) is 0.176. The van der Waals surface area contributed by atoms with Gasteiger partial charge in [0.1, 0.15) is 17.2 Å². The smallest absolute Gasteiger partial charge is 0.123 e. The van der Waals surface area contributed by atoms with Crippen molar-refractivity contribution in [3.8, 4) is 17.2 Å². The summed E-state index contributed by atoms with van der Waals surface area (Å²) in [5.41, 5.74) is 1.03. The van der Waals surface area contributed by atoms with Gasteiger partial charge in [-0.3, -0.25) is 0 Å². The number of rotatable bonds is 6. The third kappa shape index (κ3) is 4.46. The molecule has 0 unspecified atom stereocenters. The Morgan fingerprint density at radius 2 is 1.33 bits per heavy atom. The van der Waals surface area contributed by atoms with E-state index < -0.39 is 0 Å². The van der Waals surface area contributed by atoms with Gasteiger partial charge in [0, 0.05) is 11.0 Å². The van der Waals surface area contributed by atoms with Gasteiger partial charge in [-0.25, -0.2) is 0 Å². The number of methoxy groups -OCH3 is 3. The highest BCUT2D eigenvalue weighted by Gasteiger charge is 1.99. The van der Waals surface area contributed by atoms with Crippen LogP contribution in [0.4, 0.5) is 0 Å². The summed E-state index contributed by atoms with van der Waals surface area (Å²) in [6.07, 6.45) is 2.03. The van der Waals surface area contributed by atoms with Crippen LogP contribution in [0.25, 0.3) is 6.08 Å². The zero-order valence-corrected chi connectivity index (χ0v) is 13.1. The third-order valence-corrected chi connectivity index (χ3v) is 3.71. The maximum absolute atomic E-state index is 5.25. The Morgan fingerprint density at radius 3 is 1.86 bits per heavy atom. The zero-order chi connectivity index (χ0) is 15.1. The molecule has 2 rings (SSSR count). The average molecular weight is 302 g/mol. The van der Waals surface area contributed by atoms with Gasteiger partial charge < -0.3 is 14.2 Å². The highest BCUT2D eigenvalue weighted by atomic mass is 32.2. The van der Waals surface area contributed by atoms with Crippen molar-refractivity contribution >= 4 is 17.8 Å². The van der Waals surface area contributed by atoms with Gasteiger partial charge in [0.25, 0.3) is 0 Å². The SMILES string of the molecule is COc1ccc(S/C=C/c2cc(OC)cc(OC)c2)cc1. The Kier molecular flexibility index (Phi) is 5.58. The van der Waals surface area contributed by atoms with Crippen LogP contribution in [-0.2, 0) is 0 Å². The Morgan fingerprint density at radius 1 is 0.762 bits per heavy atom. The van der Waals surface area contributed by atoms with Gasteiger partial charge in [-0.05, 0) is 53.4 Å². The first-order valence-corrected chi connectivity index (χ1v) is 7.33. The molecule has 0 atom stereocenters. The minimum absolute atomic E-state index is 0.781. The lowest BCUT2D eigenvalue weighted by Gasteiger charge is -2.05. The van der Waals surface area contributed by atoms with E-state index in [9.17, 15) is 0 Å². The van der Waals surface area contributed by atoms with Crippen molar-refractivity contribution in [3.63, 3.8) is 0 Å². The highest BCUT2D eigenvalue weighted by Crippen LogP contribution is 2.26. The molecule has 0 saturated heterocycles. The molecule has 3 nitrogen and oxygen atoms in total. The quantitative estimate of drug-likeness (QED) is 0.736. The summed E-state index contributed by atoms with van der Waals surface area (Å²) in [5.74, 6) is 2.42. The Bertz CT molecular complexity index is 584. The van der Waals surface area contributed by atoms with Crippen molar-refractivity contribution in [2.45, 2.75) is 4.90 Å². The van der Waals surface area contributed by atoms with E-state index in [0.717, 1.165) is 27.7 Å². The molecule has 0 aliphatic rings. The lowest BCUT2D eigenvalue weighted by Crippen LogP contribution is -1.87. The molecule has 0 radical (unpaired) electrons. The molecule has 0 bridgehead atoms. The number of hydrogen-bond acceptors (Lipinski definition) is 4. The monoisotopic (exact) mass is 302 g/mol. The molecule has 0 amide bonds. The second-order valence-electron chi connectivity index (χ2n) is 4.24. The van der Waals surface area contributed by atoms with Crippen molar-refractivity contribution in [2.24, 2.45) is 0 Å². The standard InChI is InChI=1S/C17H18O3S/c1-18-14-4-6-17(7-5-14)21-9-8-13-10-15(19-2)12-16(11-13)20-3/h4-12H,1-3H3/b9-8+. The zero-order valence-electron chi connectivity index (χ0n) is 12.3. The van der Waals surface area contributed by atoms with Crippen LogP contribution in [0.5, 0.6) is 17.2 Å². The molecule has 0 aliphatic carbocycles. The van der Waals surface area contributed by atoms with Crippen LogP contribution in [-0.4, -0.2) is 21.3 Å². The van der Waals surface area contributed by atoms with Gasteiger partial charge >= 0.3 is 0 Å². The van der Waals surface area contributed by atoms with E-state index in [1.807, 2.05) is 53.9 Å². The average Bonchev–Trinajstić information content (AvgIpc) is 2.55. The number of ether oxygens (including phenoxy) is 3. The molecule has 0 aromatic heterocycles. The summed E-state index contributed by atoms with van der Waals surface area (Å²) >= 11 is 1.64. The van der Waals surface area contributed by atoms with Crippen LogP contribution >= 0.6 is 11.8 Å². The highest BCUT2D eigenvalue weighted by molar-refractivity contribution is 8.02. The minimum atomic E-state index is 0.781. The van der Waals surface area contributed by atoms with Crippen molar-refractivity contribution in [1.29, 1.82) is 0 Å². The van der Waals surface area contributed by atoms with E-state index >= 15 is 0 Å². The van der Waals surface area contributed by atoms with Crippen LogP contribution in [0.15, 0.2) is 52.8 Å². The summed E-state index contributed by atoms with van der Waals surface area (Å²) in [4.78, 5) is 1.15. The first-order chi connectivity index (χ1) is 10.2. The van der Waals surface area contributed by atoms with Gasteiger partial charge in [0.15, 0.2) is 0 Å². The summed E-state index contributed by atoms with van der Waals surface area (Å²) < 4.78 is 15.6. The molecule has 2 aromatic rings. The van der Waals surface area contributed by atoms with E-state index in [1.165, 1.54) is 0 Å². The van der Waals surface area contributed by atoms with Gasteiger partial charge in [-0.1, -0.05) is 11.8 Å². The largest absolute Gasteiger partial charge is 0.497 e. The number of thioether (sulfide) groups is 1. The molecule has 0 heterocycles. The second-order valence-corrected chi connectivity index (χ2v) is 5.22. The van der Waals surface area contributed by atoms with E-state index in [0.29, 0.717) is 0 Å². The van der Waals surface area contributed by atoms with Crippen molar-refractivity contribution in [3.05, 3.63) is 53.4 Å². The van der Waals surface area contributed by atoms with Crippen LogP contribution in [0.2, 0.25) is 0 Å². The van der Waals surface area contributed by atoms with Crippen LogP contribution in [0.1, 0.15) is 5.56 Å². The minimum Gasteiger partial charge on any atom is -0.497 e. The first kappa shape index (κ1) is 15.3. The Hall–Kier alpha value is -2.07. The second kappa shape index (κ2) is 7.64. The first-order valence-electron chi connectivity index (χ1n) is 6.45. The topological polar surface area (TPSA) is 27.7 Å². The molecule has 110 valence electrons. The summed E-state index contributed by atoms with van der Waals surface area (Å²) in [6.45, 7) is 0. The predicted molar refractivity (Wildman–Crippen MR) is 87.4 cm³/mol. The molecule has 0 N–H and O–H groups in total. The van der Waals surface area contributed by atoms with Crippen molar-refractivity contribution in [1.82, 2.24) is 0 Å². The van der Waals surface area contributed by atoms with Gasteiger partial charge in [0.05, 0.1) is 21.3 Å². The van der Waals surface area contributed by atoms with Crippen LogP contribution in [0, 0.1) is 0 Å². The Labute approximate surface area is 129 Å². The molecule has 21 heavy (non-hydrogen) atoms. The molecule has 4 heteroatoms.